The van der Waals surface area contributed by atoms with Crippen LogP contribution in [0.1, 0.15) is 26.7 Å². The Bertz CT molecular complexity index is 204. The van der Waals surface area contributed by atoms with Gasteiger partial charge >= 0.3 is 0 Å². The molecule has 1 fully saturated rings. The highest BCUT2D eigenvalue weighted by atomic mass is 16.3. The van der Waals surface area contributed by atoms with Crippen molar-refractivity contribution in [2.75, 3.05) is 6.54 Å². The highest BCUT2D eigenvalue weighted by Gasteiger charge is 2.46. The van der Waals surface area contributed by atoms with Gasteiger partial charge in [0.25, 0.3) is 0 Å². The van der Waals surface area contributed by atoms with Crippen molar-refractivity contribution in [2.24, 2.45) is 11.1 Å². The minimum Gasteiger partial charge on any atom is -0.392 e. The van der Waals surface area contributed by atoms with Gasteiger partial charge in [0, 0.05) is 24.4 Å². The fourth-order valence-corrected chi connectivity index (χ4v) is 1.62. The molecule has 0 bridgehead atoms. The standard InChI is InChI=1S/C9H18N2O2/c1-9(2)6(5-7(9)12)11-4-3-8(10)13/h6-7,11-12H,3-5H2,1-2H3,(H2,10,13). The lowest BCUT2D eigenvalue weighted by atomic mass is 9.64. The minimum atomic E-state index is -0.287. The molecular weight excluding hydrogens is 168 g/mol. The van der Waals surface area contributed by atoms with E-state index in [0.717, 1.165) is 6.42 Å². The molecule has 1 amide bonds. The molecule has 4 nitrogen and oxygen atoms in total. The molecule has 1 aliphatic rings. The Balaban J connectivity index is 2.21. The summed E-state index contributed by atoms with van der Waals surface area (Å²) < 4.78 is 0. The van der Waals surface area contributed by atoms with E-state index >= 15 is 0 Å². The Morgan fingerprint density at radius 3 is 2.69 bits per heavy atom. The van der Waals surface area contributed by atoms with E-state index in [1.54, 1.807) is 0 Å². The summed E-state index contributed by atoms with van der Waals surface area (Å²) in [5, 5.41) is 12.6. The first-order valence-electron chi connectivity index (χ1n) is 4.64. The van der Waals surface area contributed by atoms with E-state index in [4.69, 9.17) is 5.73 Å². The van der Waals surface area contributed by atoms with Crippen LogP contribution in [-0.2, 0) is 4.79 Å². The Hall–Kier alpha value is -0.610. The molecule has 4 heteroatoms. The number of carbonyl (C=O) groups excluding carboxylic acids is 1. The van der Waals surface area contributed by atoms with Crippen LogP contribution >= 0.6 is 0 Å². The number of nitrogens with one attached hydrogen (secondary N) is 1. The monoisotopic (exact) mass is 186 g/mol. The lowest BCUT2D eigenvalue weighted by molar-refractivity contribution is -0.118. The van der Waals surface area contributed by atoms with Crippen molar-refractivity contribution in [1.29, 1.82) is 0 Å². The van der Waals surface area contributed by atoms with Crippen LogP contribution < -0.4 is 11.1 Å². The van der Waals surface area contributed by atoms with Gasteiger partial charge < -0.3 is 16.2 Å². The maximum atomic E-state index is 10.4. The maximum Gasteiger partial charge on any atom is 0.218 e. The quantitative estimate of drug-likeness (QED) is 0.559. The van der Waals surface area contributed by atoms with Crippen LogP contribution in [0.3, 0.4) is 0 Å². The molecule has 0 heterocycles. The molecule has 0 spiro atoms. The molecule has 1 saturated carbocycles. The third-order valence-electron chi connectivity index (χ3n) is 2.98. The van der Waals surface area contributed by atoms with Gasteiger partial charge in [0.1, 0.15) is 0 Å². The van der Waals surface area contributed by atoms with Gasteiger partial charge in [0.2, 0.25) is 5.91 Å². The molecule has 1 rings (SSSR count). The van der Waals surface area contributed by atoms with Crippen molar-refractivity contribution < 1.29 is 9.90 Å². The smallest absolute Gasteiger partial charge is 0.218 e. The predicted octanol–water partition coefficient (Wildman–Crippen LogP) is -0.389. The number of hydrogen-bond acceptors (Lipinski definition) is 3. The van der Waals surface area contributed by atoms with E-state index in [0.29, 0.717) is 19.0 Å². The van der Waals surface area contributed by atoms with E-state index < -0.39 is 0 Å². The SMILES string of the molecule is CC1(C)C(O)CC1NCCC(N)=O. The molecule has 0 aromatic carbocycles. The highest BCUT2D eigenvalue weighted by Crippen LogP contribution is 2.40. The molecule has 2 unspecified atom stereocenters. The lowest BCUT2D eigenvalue weighted by Crippen LogP contribution is -2.60. The number of aliphatic hydroxyl groups is 1. The van der Waals surface area contributed by atoms with Crippen LogP contribution in [-0.4, -0.2) is 29.7 Å². The lowest BCUT2D eigenvalue weighted by Gasteiger charge is -2.49. The first-order chi connectivity index (χ1) is 5.94. The molecule has 0 aromatic rings. The summed E-state index contributed by atoms with van der Waals surface area (Å²) in [5.74, 6) is -0.287. The summed E-state index contributed by atoms with van der Waals surface area (Å²) >= 11 is 0. The van der Waals surface area contributed by atoms with Gasteiger partial charge in [-0.15, -0.1) is 0 Å². The Morgan fingerprint density at radius 1 is 1.69 bits per heavy atom. The van der Waals surface area contributed by atoms with Crippen molar-refractivity contribution in [2.45, 2.75) is 38.8 Å². The van der Waals surface area contributed by atoms with Crippen LogP contribution in [0.4, 0.5) is 0 Å². The Morgan fingerprint density at radius 2 is 2.31 bits per heavy atom. The molecule has 0 aromatic heterocycles. The third-order valence-corrected chi connectivity index (χ3v) is 2.98. The predicted molar refractivity (Wildman–Crippen MR) is 50.0 cm³/mol. The second-order valence-corrected chi connectivity index (χ2v) is 4.30. The van der Waals surface area contributed by atoms with Crippen LogP contribution in [0.5, 0.6) is 0 Å². The summed E-state index contributed by atoms with van der Waals surface area (Å²) in [4.78, 5) is 10.4. The van der Waals surface area contributed by atoms with Gasteiger partial charge in [-0.05, 0) is 6.42 Å². The van der Waals surface area contributed by atoms with Gasteiger partial charge in [0.15, 0.2) is 0 Å². The fourth-order valence-electron chi connectivity index (χ4n) is 1.62. The fraction of sp³-hybridized carbons (Fsp3) is 0.889. The number of carbonyl (C=O) groups is 1. The van der Waals surface area contributed by atoms with Gasteiger partial charge in [-0.2, -0.15) is 0 Å². The van der Waals surface area contributed by atoms with Crippen molar-refractivity contribution in [3.05, 3.63) is 0 Å². The van der Waals surface area contributed by atoms with Crippen molar-refractivity contribution in [3.8, 4) is 0 Å². The summed E-state index contributed by atoms with van der Waals surface area (Å²) in [5.41, 5.74) is 4.93. The molecule has 13 heavy (non-hydrogen) atoms. The van der Waals surface area contributed by atoms with Crippen molar-refractivity contribution >= 4 is 5.91 Å². The third kappa shape index (κ3) is 2.19. The molecule has 76 valence electrons. The molecule has 0 radical (unpaired) electrons. The van der Waals surface area contributed by atoms with E-state index in [-0.39, 0.29) is 17.4 Å². The van der Waals surface area contributed by atoms with Crippen molar-refractivity contribution in [1.82, 2.24) is 5.32 Å². The summed E-state index contributed by atoms with van der Waals surface area (Å²) in [6.45, 7) is 4.64. The van der Waals surface area contributed by atoms with Crippen LogP contribution in [0, 0.1) is 5.41 Å². The van der Waals surface area contributed by atoms with Gasteiger partial charge in [-0.1, -0.05) is 13.8 Å². The van der Waals surface area contributed by atoms with Gasteiger partial charge in [-0.25, -0.2) is 0 Å². The van der Waals surface area contributed by atoms with E-state index in [1.165, 1.54) is 0 Å². The number of amides is 1. The summed E-state index contributed by atoms with van der Waals surface area (Å²) in [6, 6.07) is 0.307. The molecule has 4 N–H and O–H groups in total. The zero-order valence-electron chi connectivity index (χ0n) is 8.21. The average Bonchev–Trinajstić information content (AvgIpc) is 2.02. The molecule has 0 aliphatic heterocycles. The summed E-state index contributed by atoms with van der Waals surface area (Å²) in [6.07, 6.45) is 0.910. The number of hydrogen-bond donors (Lipinski definition) is 3. The van der Waals surface area contributed by atoms with Crippen LogP contribution in [0.15, 0.2) is 0 Å². The minimum absolute atomic E-state index is 0.0718. The number of rotatable bonds is 4. The largest absolute Gasteiger partial charge is 0.392 e. The van der Waals surface area contributed by atoms with E-state index in [2.05, 4.69) is 5.32 Å². The first kappa shape index (κ1) is 10.5. The van der Waals surface area contributed by atoms with Crippen molar-refractivity contribution in [3.63, 3.8) is 0 Å². The van der Waals surface area contributed by atoms with Crippen LogP contribution in [0.2, 0.25) is 0 Å². The topological polar surface area (TPSA) is 75.3 Å². The average molecular weight is 186 g/mol. The number of nitrogens with two attached hydrogens (primary N) is 1. The normalized spacial score (nSPS) is 31.0. The second-order valence-electron chi connectivity index (χ2n) is 4.30. The zero-order chi connectivity index (χ0) is 10.1. The van der Waals surface area contributed by atoms with Crippen LogP contribution in [0.25, 0.3) is 0 Å². The zero-order valence-corrected chi connectivity index (χ0v) is 8.21. The second kappa shape index (κ2) is 3.64. The van der Waals surface area contributed by atoms with E-state index in [9.17, 15) is 9.90 Å². The number of aliphatic hydroxyl groups excluding tert-OH is 1. The maximum absolute atomic E-state index is 10.4. The highest BCUT2D eigenvalue weighted by molar-refractivity contribution is 5.73. The molecule has 2 atom stereocenters. The Labute approximate surface area is 78.5 Å². The number of primary amides is 1. The van der Waals surface area contributed by atoms with Gasteiger partial charge in [-0.3, -0.25) is 4.79 Å². The molecule has 1 aliphatic carbocycles. The Kier molecular flexibility index (Phi) is 2.93. The first-order valence-corrected chi connectivity index (χ1v) is 4.64. The van der Waals surface area contributed by atoms with Gasteiger partial charge in [0.05, 0.1) is 6.10 Å². The molecule has 0 saturated heterocycles. The van der Waals surface area contributed by atoms with E-state index in [1.807, 2.05) is 13.8 Å². The summed E-state index contributed by atoms with van der Waals surface area (Å²) in [7, 11) is 0. The molecular formula is C9H18N2O2.